The maximum atomic E-state index is 5.59. The van der Waals surface area contributed by atoms with Gasteiger partial charge in [-0.15, -0.1) is 0 Å². The Morgan fingerprint density at radius 3 is 2.59 bits per heavy atom. The molecule has 0 saturated carbocycles. The van der Waals surface area contributed by atoms with Gasteiger partial charge in [-0.25, -0.2) is 4.98 Å². The molecule has 0 aliphatic heterocycles. The van der Waals surface area contributed by atoms with Crippen molar-refractivity contribution in [2.45, 2.75) is 46.1 Å². The number of oxazole rings is 2. The molecule has 0 radical (unpaired) electrons. The lowest BCUT2D eigenvalue weighted by atomic mass is 10.1. The van der Waals surface area contributed by atoms with Crippen LogP contribution in [-0.4, -0.2) is 4.98 Å². The lowest BCUT2D eigenvalue weighted by Crippen LogP contribution is -2.37. The first-order chi connectivity index (χ1) is 8.09. The minimum absolute atomic E-state index is 0.291. The summed E-state index contributed by atoms with van der Waals surface area (Å²) in [5.41, 5.74) is 1.19. The summed E-state index contributed by atoms with van der Waals surface area (Å²) in [6.45, 7) is 9.32. The fraction of sp³-hybridized carbons (Fsp3) is 0.538. The van der Waals surface area contributed by atoms with Crippen LogP contribution < -0.4 is 4.57 Å². The van der Waals surface area contributed by atoms with Gasteiger partial charge in [-0.05, 0) is 6.92 Å². The van der Waals surface area contributed by atoms with Gasteiger partial charge in [-0.2, -0.15) is 4.57 Å². The van der Waals surface area contributed by atoms with Crippen molar-refractivity contribution in [1.29, 1.82) is 0 Å². The smallest absolute Gasteiger partial charge is 0.334 e. The fourth-order valence-corrected chi connectivity index (χ4v) is 2.01. The Morgan fingerprint density at radius 2 is 2.06 bits per heavy atom. The molecule has 4 heteroatoms. The second-order valence-electron chi connectivity index (χ2n) is 4.78. The van der Waals surface area contributed by atoms with E-state index in [-0.39, 0.29) is 0 Å². The first-order valence-electron chi connectivity index (χ1n) is 5.95. The van der Waals surface area contributed by atoms with Crippen LogP contribution in [0.3, 0.4) is 0 Å². The van der Waals surface area contributed by atoms with Crippen LogP contribution in [0.2, 0.25) is 0 Å². The molecule has 0 N–H and O–H groups in total. The molecule has 2 aromatic heterocycles. The van der Waals surface area contributed by atoms with Gasteiger partial charge in [0.05, 0.1) is 12.1 Å². The highest BCUT2D eigenvalue weighted by atomic mass is 16.3. The largest absolute Gasteiger partial charge is 0.448 e. The zero-order chi connectivity index (χ0) is 12.4. The van der Waals surface area contributed by atoms with Crippen LogP contribution in [0.25, 0.3) is 0 Å². The fourth-order valence-electron chi connectivity index (χ4n) is 2.01. The Kier molecular flexibility index (Phi) is 3.31. The highest BCUT2D eigenvalue weighted by molar-refractivity contribution is 5.04. The third-order valence-corrected chi connectivity index (χ3v) is 3.03. The lowest BCUT2D eigenvalue weighted by molar-refractivity contribution is -0.707. The molecule has 1 atom stereocenters. The van der Waals surface area contributed by atoms with E-state index >= 15 is 0 Å². The molecule has 2 rings (SSSR count). The molecule has 17 heavy (non-hydrogen) atoms. The predicted octanol–water partition coefficient (Wildman–Crippen LogP) is 2.79. The van der Waals surface area contributed by atoms with Gasteiger partial charge in [0.2, 0.25) is 5.69 Å². The minimum atomic E-state index is 0.291. The third-order valence-electron chi connectivity index (χ3n) is 3.03. The molecular formula is C13H19N2O2+. The number of hydrogen-bond donors (Lipinski definition) is 0. The van der Waals surface area contributed by atoms with Crippen molar-refractivity contribution >= 4 is 0 Å². The van der Waals surface area contributed by atoms with Crippen molar-refractivity contribution in [2.75, 3.05) is 0 Å². The first kappa shape index (κ1) is 11.9. The highest BCUT2D eigenvalue weighted by Crippen LogP contribution is 2.18. The number of nitrogens with zero attached hydrogens (tertiary/aromatic N) is 2. The standard InChI is InChI=1S/C13H19N2O2/c1-9(2)13-11(4)15(8-17-13)6-10(3)12-5-14-7-16-12/h5,7-10H,6H2,1-4H3/q+1. The van der Waals surface area contributed by atoms with Crippen molar-refractivity contribution in [2.24, 2.45) is 0 Å². The summed E-state index contributed by atoms with van der Waals surface area (Å²) in [5, 5.41) is 0. The van der Waals surface area contributed by atoms with Crippen LogP contribution in [-0.2, 0) is 6.54 Å². The maximum absolute atomic E-state index is 5.59. The molecule has 0 spiro atoms. The molecular weight excluding hydrogens is 216 g/mol. The van der Waals surface area contributed by atoms with E-state index in [2.05, 4.69) is 37.2 Å². The molecule has 0 aliphatic rings. The molecule has 4 nitrogen and oxygen atoms in total. The van der Waals surface area contributed by atoms with E-state index in [0.29, 0.717) is 11.8 Å². The first-order valence-corrected chi connectivity index (χ1v) is 5.95. The molecule has 1 unspecified atom stereocenters. The summed E-state index contributed by atoms with van der Waals surface area (Å²) in [6, 6.07) is 0. The van der Waals surface area contributed by atoms with E-state index in [1.54, 1.807) is 12.6 Å². The lowest BCUT2D eigenvalue weighted by Gasteiger charge is -2.03. The van der Waals surface area contributed by atoms with Crippen LogP contribution in [0.5, 0.6) is 0 Å². The summed E-state index contributed by atoms with van der Waals surface area (Å²) in [4.78, 5) is 3.94. The Bertz CT molecular complexity index is 472. The molecule has 0 aromatic carbocycles. The molecule has 0 amide bonds. The quantitative estimate of drug-likeness (QED) is 0.765. The third kappa shape index (κ3) is 2.40. The van der Waals surface area contributed by atoms with Crippen molar-refractivity contribution < 1.29 is 13.4 Å². The topological polar surface area (TPSA) is 43.0 Å². The molecule has 0 saturated heterocycles. The minimum Gasteiger partial charge on any atom is -0.448 e. The monoisotopic (exact) mass is 235 g/mol. The van der Waals surface area contributed by atoms with Crippen LogP contribution >= 0.6 is 0 Å². The van der Waals surface area contributed by atoms with Gasteiger partial charge < -0.3 is 8.83 Å². The predicted molar refractivity (Wildman–Crippen MR) is 62.6 cm³/mol. The molecule has 0 fully saturated rings. The maximum Gasteiger partial charge on any atom is 0.334 e. The molecule has 2 heterocycles. The van der Waals surface area contributed by atoms with Gasteiger partial charge in [0.25, 0.3) is 0 Å². The van der Waals surface area contributed by atoms with Gasteiger partial charge >= 0.3 is 6.39 Å². The molecule has 2 aromatic rings. The Balaban J connectivity index is 2.14. The van der Waals surface area contributed by atoms with Gasteiger partial charge in [0.1, 0.15) is 5.76 Å². The van der Waals surface area contributed by atoms with Crippen LogP contribution in [0, 0.1) is 6.92 Å². The van der Waals surface area contributed by atoms with Crippen molar-refractivity contribution in [3.05, 3.63) is 36.2 Å². The number of rotatable bonds is 4. The second kappa shape index (κ2) is 4.73. The van der Waals surface area contributed by atoms with E-state index in [1.165, 1.54) is 12.1 Å². The Hall–Kier alpha value is -1.58. The van der Waals surface area contributed by atoms with Gasteiger partial charge in [0, 0.05) is 12.8 Å². The average Bonchev–Trinajstić information content (AvgIpc) is 2.89. The summed E-state index contributed by atoms with van der Waals surface area (Å²) in [6.07, 6.45) is 5.03. The van der Waals surface area contributed by atoms with E-state index in [0.717, 1.165) is 18.1 Å². The Morgan fingerprint density at radius 1 is 1.29 bits per heavy atom. The van der Waals surface area contributed by atoms with E-state index < -0.39 is 0 Å². The van der Waals surface area contributed by atoms with Crippen LogP contribution in [0.1, 0.15) is 49.8 Å². The van der Waals surface area contributed by atoms with Crippen LogP contribution in [0.4, 0.5) is 0 Å². The zero-order valence-corrected chi connectivity index (χ0v) is 10.8. The van der Waals surface area contributed by atoms with Crippen molar-refractivity contribution in [3.8, 4) is 0 Å². The summed E-state index contributed by atoms with van der Waals surface area (Å²) in [5.74, 6) is 2.66. The average molecular weight is 235 g/mol. The van der Waals surface area contributed by atoms with Crippen LogP contribution in [0.15, 0.2) is 27.8 Å². The summed E-state index contributed by atoms with van der Waals surface area (Å²) < 4.78 is 13.0. The second-order valence-corrected chi connectivity index (χ2v) is 4.78. The molecule has 0 bridgehead atoms. The Labute approximate surface area is 101 Å². The van der Waals surface area contributed by atoms with Gasteiger partial charge in [-0.3, -0.25) is 0 Å². The molecule has 92 valence electrons. The number of aromatic nitrogens is 2. The van der Waals surface area contributed by atoms with Crippen molar-refractivity contribution in [3.63, 3.8) is 0 Å². The normalized spacial score (nSPS) is 13.2. The zero-order valence-electron chi connectivity index (χ0n) is 10.8. The van der Waals surface area contributed by atoms with Gasteiger partial charge in [-0.1, -0.05) is 13.8 Å². The molecule has 0 aliphatic carbocycles. The number of hydrogen-bond acceptors (Lipinski definition) is 3. The SMILES string of the molecule is Cc1c(C(C)C)oc[n+]1CC(C)c1cnco1. The summed E-state index contributed by atoms with van der Waals surface area (Å²) in [7, 11) is 0. The van der Waals surface area contributed by atoms with E-state index in [9.17, 15) is 0 Å². The van der Waals surface area contributed by atoms with Crippen molar-refractivity contribution in [1.82, 2.24) is 4.98 Å². The summed E-state index contributed by atoms with van der Waals surface area (Å²) >= 11 is 0. The van der Waals surface area contributed by atoms with E-state index in [1.807, 2.05) is 0 Å². The highest BCUT2D eigenvalue weighted by Gasteiger charge is 2.23. The van der Waals surface area contributed by atoms with E-state index in [4.69, 9.17) is 8.83 Å². The van der Waals surface area contributed by atoms with Gasteiger partial charge in [0.15, 0.2) is 18.7 Å².